The lowest BCUT2D eigenvalue weighted by atomic mass is 9.64. The van der Waals surface area contributed by atoms with Crippen LogP contribution in [0.5, 0.6) is 0 Å². The molecule has 1 aliphatic carbocycles. The fraction of sp³-hybridized carbons (Fsp3) is 0.500. The van der Waals surface area contributed by atoms with Gasteiger partial charge in [-0.15, -0.1) is 11.3 Å². The van der Waals surface area contributed by atoms with Crippen LogP contribution in [0.2, 0.25) is 0 Å². The minimum atomic E-state index is 0.0320. The molecule has 3 nitrogen and oxygen atoms in total. The summed E-state index contributed by atoms with van der Waals surface area (Å²) in [6.45, 7) is 3.54. The molecule has 4 heteroatoms. The van der Waals surface area contributed by atoms with Gasteiger partial charge in [0.1, 0.15) is 0 Å². The predicted octanol–water partition coefficient (Wildman–Crippen LogP) is 3.12. The summed E-state index contributed by atoms with van der Waals surface area (Å²) < 4.78 is 1.20. The molecule has 2 aromatic rings. The van der Waals surface area contributed by atoms with Gasteiger partial charge in [0.25, 0.3) is 5.91 Å². The molecule has 114 valence electrons. The molecule has 1 N–H and O–H groups in total. The van der Waals surface area contributed by atoms with Gasteiger partial charge in [-0.3, -0.25) is 4.79 Å². The quantitative estimate of drug-likeness (QED) is 0.924. The highest BCUT2D eigenvalue weighted by Gasteiger charge is 2.50. The van der Waals surface area contributed by atoms with Crippen molar-refractivity contribution in [2.45, 2.75) is 24.8 Å². The normalized spacial score (nSPS) is 35.9. The van der Waals surface area contributed by atoms with Gasteiger partial charge in [-0.2, -0.15) is 0 Å². The predicted molar refractivity (Wildman–Crippen MR) is 89.3 cm³/mol. The van der Waals surface area contributed by atoms with E-state index < -0.39 is 0 Å². The molecule has 0 radical (unpaired) electrons. The molecule has 4 fully saturated rings. The van der Waals surface area contributed by atoms with Gasteiger partial charge in [0.15, 0.2) is 0 Å². The number of thiophene rings is 1. The van der Waals surface area contributed by atoms with Gasteiger partial charge in [-0.25, -0.2) is 0 Å². The van der Waals surface area contributed by atoms with Gasteiger partial charge in [0.05, 0.1) is 11.1 Å². The highest BCUT2D eigenvalue weighted by atomic mass is 32.1. The van der Waals surface area contributed by atoms with Gasteiger partial charge in [-0.05, 0) is 37.2 Å². The molecule has 0 spiro atoms. The number of nitrogens with zero attached hydrogens (tertiary/aromatic N) is 1. The van der Waals surface area contributed by atoms with Crippen molar-refractivity contribution < 1.29 is 4.79 Å². The van der Waals surface area contributed by atoms with Crippen molar-refractivity contribution in [2.24, 2.45) is 11.8 Å². The summed E-state index contributed by atoms with van der Waals surface area (Å²) in [4.78, 5) is 15.4. The Kier molecular flexibility index (Phi) is 2.71. The summed E-state index contributed by atoms with van der Waals surface area (Å²) in [5.41, 5.74) is 0.885. The highest BCUT2D eigenvalue weighted by Crippen LogP contribution is 2.45. The maximum Gasteiger partial charge on any atom is 0.253 e. The first-order valence-corrected chi connectivity index (χ1v) is 9.10. The fourth-order valence-electron chi connectivity index (χ4n) is 5.20. The average Bonchev–Trinajstić information content (AvgIpc) is 2.89. The molecular weight excluding hydrogens is 292 g/mol. The van der Waals surface area contributed by atoms with Gasteiger partial charge < -0.3 is 10.2 Å². The lowest BCUT2D eigenvalue weighted by Crippen LogP contribution is -2.68. The van der Waals surface area contributed by atoms with Crippen molar-refractivity contribution in [2.75, 3.05) is 19.6 Å². The van der Waals surface area contributed by atoms with Crippen LogP contribution in [0.15, 0.2) is 29.6 Å². The minimum Gasteiger partial charge on any atom is -0.345 e. The highest BCUT2D eigenvalue weighted by molar-refractivity contribution is 7.17. The number of piperidine rings is 3. The Balaban J connectivity index is 1.45. The first kappa shape index (κ1) is 13.1. The zero-order chi connectivity index (χ0) is 14.7. The summed E-state index contributed by atoms with van der Waals surface area (Å²) in [5.74, 6) is 1.71. The first-order chi connectivity index (χ1) is 10.7. The van der Waals surface area contributed by atoms with Crippen molar-refractivity contribution in [1.29, 1.82) is 0 Å². The van der Waals surface area contributed by atoms with E-state index >= 15 is 0 Å². The number of rotatable bonds is 2. The second kappa shape index (κ2) is 4.56. The maximum atomic E-state index is 12.9. The summed E-state index contributed by atoms with van der Waals surface area (Å²) in [6, 6.07) is 8.20. The molecule has 1 amide bonds. The second-order valence-corrected chi connectivity index (χ2v) is 8.36. The number of carbonyl (C=O) groups is 1. The lowest BCUT2D eigenvalue weighted by Gasteiger charge is -2.58. The van der Waals surface area contributed by atoms with E-state index in [2.05, 4.69) is 22.3 Å². The fourth-order valence-corrected chi connectivity index (χ4v) is 6.14. The maximum absolute atomic E-state index is 12.9. The van der Waals surface area contributed by atoms with Crippen LogP contribution < -0.4 is 5.32 Å². The Morgan fingerprint density at radius 3 is 2.77 bits per heavy atom. The van der Waals surface area contributed by atoms with Crippen LogP contribution in [-0.4, -0.2) is 36.0 Å². The van der Waals surface area contributed by atoms with Gasteiger partial charge in [-0.1, -0.05) is 18.2 Å². The van der Waals surface area contributed by atoms with E-state index in [0.29, 0.717) is 0 Å². The summed E-state index contributed by atoms with van der Waals surface area (Å²) in [6.07, 6.45) is 3.72. The standard InChI is InChI=1S/C18H20N2OS/c21-17(15-10-22-16-4-2-1-3-14(15)16)19-18-6-12-5-13(7-18)9-20(8-12)11-18/h1-4,10,12-13H,5-9,11H2,(H,19,21). The molecule has 4 bridgehead atoms. The number of hydrogen-bond acceptors (Lipinski definition) is 3. The van der Waals surface area contributed by atoms with Crippen LogP contribution in [0, 0.1) is 11.8 Å². The van der Waals surface area contributed by atoms with E-state index in [1.54, 1.807) is 11.3 Å². The smallest absolute Gasteiger partial charge is 0.253 e. The molecule has 3 aliphatic heterocycles. The summed E-state index contributed by atoms with van der Waals surface area (Å²) in [5, 5.41) is 6.55. The van der Waals surface area contributed by atoms with E-state index in [0.717, 1.165) is 29.3 Å². The Bertz CT molecular complexity index is 715. The summed E-state index contributed by atoms with van der Waals surface area (Å²) in [7, 11) is 0. The second-order valence-electron chi connectivity index (χ2n) is 7.45. The molecule has 1 aromatic heterocycles. The van der Waals surface area contributed by atoms with Crippen LogP contribution in [0.25, 0.3) is 10.1 Å². The molecule has 6 rings (SSSR count). The van der Waals surface area contributed by atoms with Crippen LogP contribution in [0.3, 0.4) is 0 Å². The lowest BCUT2D eigenvalue weighted by molar-refractivity contribution is -0.0460. The van der Waals surface area contributed by atoms with Crippen LogP contribution >= 0.6 is 11.3 Å². The molecule has 4 heterocycles. The first-order valence-electron chi connectivity index (χ1n) is 8.22. The number of nitrogens with one attached hydrogen (secondary N) is 1. The molecule has 2 unspecified atom stereocenters. The van der Waals surface area contributed by atoms with Crippen molar-refractivity contribution in [3.63, 3.8) is 0 Å². The minimum absolute atomic E-state index is 0.0320. The Morgan fingerprint density at radius 2 is 2.00 bits per heavy atom. The summed E-state index contributed by atoms with van der Waals surface area (Å²) >= 11 is 1.66. The Hall–Kier alpha value is -1.39. The third-order valence-corrected chi connectivity index (χ3v) is 6.65. The molecule has 3 saturated heterocycles. The van der Waals surface area contributed by atoms with Gasteiger partial charge in [0.2, 0.25) is 0 Å². The van der Waals surface area contributed by atoms with E-state index in [1.165, 1.54) is 37.1 Å². The molecule has 22 heavy (non-hydrogen) atoms. The van der Waals surface area contributed by atoms with Gasteiger partial charge >= 0.3 is 0 Å². The van der Waals surface area contributed by atoms with E-state index in [-0.39, 0.29) is 11.4 Å². The van der Waals surface area contributed by atoms with Crippen molar-refractivity contribution in [3.8, 4) is 0 Å². The van der Waals surface area contributed by atoms with Crippen molar-refractivity contribution in [3.05, 3.63) is 35.2 Å². The third-order valence-electron chi connectivity index (χ3n) is 5.69. The van der Waals surface area contributed by atoms with Crippen LogP contribution in [0.1, 0.15) is 29.6 Å². The molecule has 1 aromatic carbocycles. The SMILES string of the molecule is O=C(NC12CC3CC(CN(C3)C1)C2)c1csc2ccccc12. The number of amides is 1. The average molecular weight is 312 g/mol. The van der Waals surface area contributed by atoms with Gasteiger partial charge in [0, 0.05) is 35.1 Å². The number of hydrogen-bond donors (Lipinski definition) is 1. The monoisotopic (exact) mass is 312 g/mol. The zero-order valence-electron chi connectivity index (χ0n) is 12.5. The molecule has 1 saturated carbocycles. The molecule has 2 atom stereocenters. The molecular formula is C18H20N2OS. The largest absolute Gasteiger partial charge is 0.345 e. The van der Waals surface area contributed by atoms with Crippen LogP contribution in [-0.2, 0) is 0 Å². The van der Waals surface area contributed by atoms with E-state index in [9.17, 15) is 4.79 Å². The zero-order valence-corrected chi connectivity index (χ0v) is 13.4. The molecule has 4 aliphatic rings. The number of benzene rings is 1. The van der Waals surface area contributed by atoms with Crippen molar-refractivity contribution >= 4 is 27.3 Å². The van der Waals surface area contributed by atoms with E-state index in [1.807, 2.05) is 17.5 Å². The van der Waals surface area contributed by atoms with E-state index in [4.69, 9.17) is 0 Å². The Morgan fingerprint density at radius 1 is 1.23 bits per heavy atom. The Labute approximate surface area is 134 Å². The van der Waals surface area contributed by atoms with Crippen LogP contribution in [0.4, 0.5) is 0 Å². The number of fused-ring (bicyclic) bond motifs is 1. The van der Waals surface area contributed by atoms with Crippen molar-refractivity contribution in [1.82, 2.24) is 10.2 Å². The topological polar surface area (TPSA) is 32.3 Å². The number of carbonyl (C=O) groups excluding carboxylic acids is 1. The third kappa shape index (κ3) is 1.94.